The molecule has 50 heavy (non-hydrogen) atoms. The molecule has 2 atom stereocenters. The van der Waals surface area contributed by atoms with Crippen LogP contribution in [0.4, 0.5) is 0 Å². The number of phenolic OH excluding ortho intramolecular Hbond substituents is 1. The van der Waals surface area contributed by atoms with E-state index < -0.39 is 17.7 Å². The summed E-state index contributed by atoms with van der Waals surface area (Å²) < 4.78 is 0. The first-order valence-corrected chi connectivity index (χ1v) is 16.7. The van der Waals surface area contributed by atoms with Gasteiger partial charge in [0.15, 0.2) is 0 Å². The van der Waals surface area contributed by atoms with Crippen LogP contribution in [-0.4, -0.2) is 43.8 Å². The van der Waals surface area contributed by atoms with Crippen LogP contribution >= 0.6 is 22.9 Å². The average Bonchev–Trinajstić information content (AvgIpc) is 3.61. The Morgan fingerprint density at radius 1 is 0.880 bits per heavy atom. The number of carboxylic acid groups (broad SMARTS) is 1. The highest BCUT2D eigenvalue weighted by Crippen LogP contribution is 2.35. The van der Waals surface area contributed by atoms with Crippen LogP contribution in [-0.2, 0) is 23.5 Å². The van der Waals surface area contributed by atoms with E-state index in [0.29, 0.717) is 28.1 Å². The molecule has 1 amide bonds. The van der Waals surface area contributed by atoms with Crippen molar-refractivity contribution >= 4 is 45.7 Å². The fourth-order valence-corrected chi connectivity index (χ4v) is 6.91. The number of fused-ring (bicyclic) bond motifs is 1. The standard InChI is InChI=1S/C38H32ClN3O7S/c39-30-18-23(9-10-24(30)19-40-21-32(44)28-12-14-31(43)35-29(28)13-16-34(45)42-35)36(46)41-20-27-11-15-33(50-27)22-5-4-8-26(17-22)38(49,37(47)48)25-6-2-1-3-7-25/h1-18,32,40,43-44,49H,19-21H2,(H,41,46)(H,42,45)(H,47,48)/t32-,38-/m0/s1. The van der Waals surface area contributed by atoms with Crippen LogP contribution in [0.3, 0.4) is 0 Å². The Labute approximate surface area is 295 Å². The number of aromatic nitrogens is 1. The van der Waals surface area contributed by atoms with Crippen molar-refractivity contribution in [3.8, 4) is 16.2 Å². The van der Waals surface area contributed by atoms with E-state index in [2.05, 4.69) is 15.6 Å². The molecule has 4 aromatic carbocycles. The number of benzene rings is 4. The number of H-pyrrole nitrogens is 1. The lowest BCUT2D eigenvalue weighted by atomic mass is 9.85. The largest absolute Gasteiger partial charge is 0.506 e. The molecule has 12 heteroatoms. The number of carboxylic acids is 1. The highest BCUT2D eigenvalue weighted by Gasteiger charge is 2.40. The maximum Gasteiger partial charge on any atom is 0.345 e. The Kier molecular flexibility index (Phi) is 10.1. The van der Waals surface area contributed by atoms with Crippen molar-refractivity contribution in [2.24, 2.45) is 0 Å². The van der Waals surface area contributed by atoms with Crippen LogP contribution in [0.5, 0.6) is 5.75 Å². The number of aromatic hydroxyl groups is 1. The van der Waals surface area contributed by atoms with Gasteiger partial charge in [-0.3, -0.25) is 9.59 Å². The second-order valence-electron chi connectivity index (χ2n) is 11.6. The lowest BCUT2D eigenvalue weighted by Crippen LogP contribution is -2.36. The minimum absolute atomic E-state index is 0.0864. The van der Waals surface area contributed by atoms with Gasteiger partial charge >= 0.3 is 5.97 Å². The Morgan fingerprint density at radius 3 is 2.42 bits per heavy atom. The van der Waals surface area contributed by atoms with Gasteiger partial charge in [-0.25, -0.2) is 4.79 Å². The molecule has 10 nitrogen and oxygen atoms in total. The first kappa shape index (κ1) is 34.6. The molecule has 0 aliphatic heterocycles. The number of amides is 1. The summed E-state index contributed by atoms with van der Waals surface area (Å²) in [6, 6.07) is 29.7. The summed E-state index contributed by atoms with van der Waals surface area (Å²) >= 11 is 7.95. The third kappa shape index (κ3) is 7.18. The van der Waals surface area contributed by atoms with Gasteiger partial charge in [0, 0.05) is 50.4 Å². The van der Waals surface area contributed by atoms with Gasteiger partial charge in [-0.1, -0.05) is 72.3 Å². The molecule has 0 aliphatic rings. The van der Waals surface area contributed by atoms with E-state index in [9.17, 15) is 34.8 Å². The van der Waals surface area contributed by atoms with E-state index in [-0.39, 0.29) is 46.9 Å². The number of aliphatic hydroxyl groups is 2. The van der Waals surface area contributed by atoms with Gasteiger partial charge in [0.05, 0.1) is 18.2 Å². The molecule has 7 N–H and O–H groups in total. The summed E-state index contributed by atoms with van der Waals surface area (Å²) in [5, 5.41) is 49.1. The van der Waals surface area contributed by atoms with E-state index in [0.717, 1.165) is 20.9 Å². The van der Waals surface area contributed by atoms with Crippen LogP contribution in [0.15, 0.2) is 114 Å². The maximum atomic E-state index is 13.0. The average molecular weight is 710 g/mol. The van der Waals surface area contributed by atoms with E-state index in [1.807, 2.05) is 18.2 Å². The van der Waals surface area contributed by atoms with Gasteiger partial charge in [0.2, 0.25) is 11.2 Å². The quantitative estimate of drug-likeness (QED) is 0.0850. The van der Waals surface area contributed by atoms with Crippen molar-refractivity contribution in [1.82, 2.24) is 15.6 Å². The van der Waals surface area contributed by atoms with Crippen molar-refractivity contribution in [2.75, 3.05) is 6.54 Å². The van der Waals surface area contributed by atoms with Gasteiger partial charge in [0.1, 0.15) is 5.75 Å². The third-order valence-electron chi connectivity index (χ3n) is 8.38. The van der Waals surface area contributed by atoms with Crippen LogP contribution in [0.2, 0.25) is 5.02 Å². The van der Waals surface area contributed by atoms with E-state index in [1.165, 1.54) is 23.5 Å². The molecule has 0 saturated heterocycles. The zero-order chi connectivity index (χ0) is 35.4. The molecule has 0 radical (unpaired) electrons. The van der Waals surface area contributed by atoms with E-state index in [4.69, 9.17) is 11.6 Å². The summed E-state index contributed by atoms with van der Waals surface area (Å²) in [4.78, 5) is 41.2. The van der Waals surface area contributed by atoms with Crippen LogP contribution < -0.4 is 16.2 Å². The zero-order valence-electron chi connectivity index (χ0n) is 26.4. The molecule has 254 valence electrons. The number of aromatic amines is 1. The molecule has 0 spiro atoms. The monoisotopic (exact) mass is 709 g/mol. The van der Waals surface area contributed by atoms with Crippen molar-refractivity contribution in [1.29, 1.82) is 0 Å². The number of thiophene rings is 1. The summed E-state index contributed by atoms with van der Waals surface area (Å²) in [7, 11) is 0. The van der Waals surface area contributed by atoms with Gasteiger partial charge < -0.3 is 36.0 Å². The molecular weight excluding hydrogens is 678 g/mol. The highest BCUT2D eigenvalue weighted by molar-refractivity contribution is 7.15. The molecule has 6 aromatic rings. The molecule has 2 heterocycles. The second-order valence-corrected chi connectivity index (χ2v) is 13.2. The van der Waals surface area contributed by atoms with Crippen LogP contribution in [0, 0.1) is 0 Å². The molecule has 0 aliphatic carbocycles. The molecule has 0 unspecified atom stereocenters. The maximum absolute atomic E-state index is 13.0. The number of phenols is 1. The highest BCUT2D eigenvalue weighted by atomic mass is 35.5. The minimum Gasteiger partial charge on any atom is -0.506 e. The van der Waals surface area contributed by atoms with E-state index >= 15 is 0 Å². The number of hydrogen-bond acceptors (Lipinski definition) is 8. The molecule has 0 fully saturated rings. The van der Waals surface area contributed by atoms with E-state index in [1.54, 1.807) is 78.9 Å². The fraction of sp³-hybridized carbons (Fsp3) is 0.132. The number of halogens is 1. The third-order valence-corrected chi connectivity index (χ3v) is 9.87. The van der Waals surface area contributed by atoms with Gasteiger partial charge in [0.25, 0.3) is 5.91 Å². The van der Waals surface area contributed by atoms with Gasteiger partial charge in [-0.15, -0.1) is 11.3 Å². The zero-order valence-corrected chi connectivity index (χ0v) is 28.0. The van der Waals surface area contributed by atoms with Crippen molar-refractivity contribution in [3.63, 3.8) is 0 Å². The van der Waals surface area contributed by atoms with Gasteiger partial charge in [-0.2, -0.15) is 0 Å². The van der Waals surface area contributed by atoms with Gasteiger partial charge in [-0.05, 0) is 64.7 Å². The molecular formula is C38H32ClN3O7S. The number of pyridine rings is 1. The summed E-state index contributed by atoms with van der Waals surface area (Å²) in [6.07, 6.45) is -0.934. The number of carbonyl (C=O) groups is 2. The Hall–Kier alpha value is -5.30. The van der Waals surface area contributed by atoms with Crippen LogP contribution in [0.25, 0.3) is 21.3 Å². The SMILES string of the molecule is O=C(NCc1ccc(-c2cccc([C@](O)(C(=O)O)c3ccccc3)c2)s1)c1ccc(CNC[C@H](O)c2ccc(O)c3[nH]c(=O)ccc23)c(Cl)c1. The number of carbonyl (C=O) groups excluding carboxylic acids is 1. The normalized spacial score (nSPS) is 13.1. The summed E-state index contributed by atoms with van der Waals surface area (Å²) in [5.41, 5.74) is 0.538. The molecule has 0 saturated carbocycles. The lowest BCUT2D eigenvalue weighted by molar-refractivity contribution is -0.155. The summed E-state index contributed by atoms with van der Waals surface area (Å²) in [5.74, 6) is -1.78. The number of nitrogens with one attached hydrogen (secondary N) is 3. The smallest absolute Gasteiger partial charge is 0.345 e. The second kappa shape index (κ2) is 14.7. The van der Waals surface area contributed by atoms with Crippen molar-refractivity contribution in [2.45, 2.75) is 24.8 Å². The Morgan fingerprint density at radius 2 is 1.66 bits per heavy atom. The predicted molar refractivity (Wildman–Crippen MR) is 192 cm³/mol. The fourth-order valence-electron chi connectivity index (χ4n) is 5.72. The minimum atomic E-state index is -2.22. The summed E-state index contributed by atoms with van der Waals surface area (Å²) in [6.45, 7) is 0.738. The number of rotatable bonds is 12. The first-order chi connectivity index (χ1) is 24.0. The number of hydrogen-bond donors (Lipinski definition) is 7. The molecule has 2 aromatic heterocycles. The van der Waals surface area contributed by atoms with Crippen molar-refractivity contribution < 1.29 is 30.0 Å². The first-order valence-electron chi connectivity index (χ1n) is 15.6. The lowest BCUT2D eigenvalue weighted by Gasteiger charge is -2.25. The van der Waals surface area contributed by atoms with Crippen LogP contribution in [0.1, 0.15) is 43.6 Å². The number of aliphatic hydroxyl groups excluding tert-OH is 1. The Balaban J connectivity index is 1.06. The molecule has 6 rings (SSSR count). The van der Waals surface area contributed by atoms with Crippen molar-refractivity contribution in [3.05, 3.63) is 157 Å². The predicted octanol–water partition coefficient (Wildman–Crippen LogP) is 5.69. The topological polar surface area (TPSA) is 172 Å². The number of aliphatic carboxylic acids is 1. The Bertz CT molecular complexity index is 2260. The molecule has 0 bridgehead atoms.